The monoisotopic (exact) mass is 203 g/mol. The molecule has 14 heavy (non-hydrogen) atoms. The molecule has 2 atom stereocenters. The molecule has 0 aromatic carbocycles. The van der Waals surface area contributed by atoms with Crippen molar-refractivity contribution in [2.45, 2.75) is 39.3 Å². The third-order valence-corrected chi connectivity index (χ3v) is 1.83. The summed E-state index contributed by atoms with van der Waals surface area (Å²) in [5.74, 6) is -1.84. The number of carboxylic acid groups (broad SMARTS) is 2. The second-order valence-electron chi connectivity index (χ2n) is 3.75. The lowest BCUT2D eigenvalue weighted by atomic mass is 10.0. The lowest BCUT2D eigenvalue weighted by molar-refractivity contribution is -0.142. The van der Waals surface area contributed by atoms with Crippen LogP contribution in [0, 0.1) is 5.92 Å². The van der Waals surface area contributed by atoms with Gasteiger partial charge in [-0.3, -0.25) is 14.9 Å². The van der Waals surface area contributed by atoms with Crippen LogP contribution in [-0.2, 0) is 9.59 Å². The highest BCUT2D eigenvalue weighted by molar-refractivity contribution is 5.77. The number of hydrogen-bond donors (Lipinski definition) is 3. The molecule has 0 amide bonds. The quantitative estimate of drug-likeness (QED) is 0.586. The molecule has 5 nitrogen and oxygen atoms in total. The zero-order valence-corrected chi connectivity index (χ0v) is 8.65. The molecule has 0 aliphatic carbocycles. The summed E-state index contributed by atoms with van der Waals surface area (Å²) in [6.45, 7) is 5.21. The number of aliphatic carboxylic acids is 2. The van der Waals surface area contributed by atoms with Gasteiger partial charge < -0.3 is 10.2 Å². The molecule has 0 aliphatic heterocycles. The lowest BCUT2D eigenvalue weighted by Crippen LogP contribution is -2.46. The first-order chi connectivity index (χ1) is 6.34. The Kier molecular flexibility index (Phi) is 5.15. The number of carbonyl (C=O) groups is 2. The van der Waals surface area contributed by atoms with Gasteiger partial charge in [0, 0.05) is 0 Å². The van der Waals surface area contributed by atoms with Gasteiger partial charge in [-0.15, -0.1) is 0 Å². The van der Waals surface area contributed by atoms with Crippen molar-refractivity contribution in [3.63, 3.8) is 0 Å². The maximum absolute atomic E-state index is 10.7. The van der Waals surface area contributed by atoms with Crippen molar-refractivity contribution in [3.8, 4) is 0 Å². The predicted octanol–water partition coefficient (Wildman–Crippen LogP) is 0.548. The average molecular weight is 203 g/mol. The summed E-state index contributed by atoms with van der Waals surface area (Å²) in [4.78, 5) is 21.2. The number of nitrogens with one attached hydrogen (secondary N) is 1. The SMILES string of the molecule is CC(C)C[C@H](NC(C)C(=O)O)C(=O)O. The Bertz CT molecular complexity index is 215. The van der Waals surface area contributed by atoms with Crippen LogP contribution in [0.5, 0.6) is 0 Å². The Morgan fingerprint density at radius 3 is 1.93 bits per heavy atom. The topological polar surface area (TPSA) is 86.6 Å². The number of rotatable bonds is 6. The minimum absolute atomic E-state index is 0.213. The van der Waals surface area contributed by atoms with E-state index in [0.717, 1.165) is 0 Å². The highest BCUT2D eigenvalue weighted by Gasteiger charge is 2.23. The highest BCUT2D eigenvalue weighted by Crippen LogP contribution is 2.05. The van der Waals surface area contributed by atoms with Gasteiger partial charge in [0.2, 0.25) is 0 Å². The molecule has 0 rings (SSSR count). The summed E-state index contributed by atoms with van der Waals surface area (Å²) in [7, 11) is 0. The number of carboxylic acids is 2. The van der Waals surface area contributed by atoms with E-state index in [9.17, 15) is 9.59 Å². The Morgan fingerprint density at radius 2 is 1.64 bits per heavy atom. The number of hydrogen-bond acceptors (Lipinski definition) is 3. The van der Waals surface area contributed by atoms with E-state index in [0.29, 0.717) is 6.42 Å². The smallest absolute Gasteiger partial charge is 0.320 e. The van der Waals surface area contributed by atoms with Crippen LogP contribution in [0.3, 0.4) is 0 Å². The van der Waals surface area contributed by atoms with Crippen LogP contribution in [0.2, 0.25) is 0 Å². The first-order valence-corrected chi connectivity index (χ1v) is 4.56. The van der Waals surface area contributed by atoms with Gasteiger partial charge >= 0.3 is 11.9 Å². The second-order valence-corrected chi connectivity index (χ2v) is 3.75. The molecule has 5 heteroatoms. The van der Waals surface area contributed by atoms with E-state index >= 15 is 0 Å². The molecule has 0 spiro atoms. The molecular weight excluding hydrogens is 186 g/mol. The Labute approximate surface area is 83.1 Å². The zero-order valence-electron chi connectivity index (χ0n) is 8.65. The van der Waals surface area contributed by atoms with Crippen LogP contribution in [0.25, 0.3) is 0 Å². The molecule has 0 aromatic heterocycles. The van der Waals surface area contributed by atoms with Gasteiger partial charge in [-0.05, 0) is 19.3 Å². The molecule has 0 radical (unpaired) electrons. The molecule has 0 aliphatic rings. The fourth-order valence-corrected chi connectivity index (χ4v) is 1.08. The van der Waals surface area contributed by atoms with Crippen molar-refractivity contribution < 1.29 is 19.8 Å². The van der Waals surface area contributed by atoms with Crippen LogP contribution < -0.4 is 5.32 Å². The minimum Gasteiger partial charge on any atom is -0.480 e. The fourth-order valence-electron chi connectivity index (χ4n) is 1.08. The van der Waals surface area contributed by atoms with Crippen molar-refractivity contribution in [2.24, 2.45) is 5.92 Å². The summed E-state index contributed by atoms with van der Waals surface area (Å²) >= 11 is 0. The van der Waals surface area contributed by atoms with Crippen LogP contribution >= 0.6 is 0 Å². The van der Waals surface area contributed by atoms with Crippen LogP contribution in [0.15, 0.2) is 0 Å². The second kappa shape index (κ2) is 5.59. The summed E-state index contributed by atoms with van der Waals surface area (Å²) in [6.07, 6.45) is 0.424. The van der Waals surface area contributed by atoms with Gasteiger partial charge in [0.15, 0.2) is 0 Å². The van der Waals surface area contributed by atoms with Crippen LogP contribution in [-0.4, -0.2) is 34.2 Å². The van der Waals surface area contributed by atoms with E-state index in [-0.39, 0.29) is 5.92 Å². The van der Waals surface area contributed by atoms with Crippen molar-refractivity contribution >= 4 is 11.9 Å². The van der Waals surface area contributed by atoms with Crippen molar-refractivity contribution in [3.05, 3.63) is 0 Å². The van der Waals surface area contributed by atoms with Gasteiger partial charge in [0.1, 0.15) is 12.1 Å². The molecule has 0 fully saturated rings. The fraction of sp³-hybridized carbons (Fsp3) is 0.778. The summed E-state index contributed by atoms with van der Waals surface area (Å²) in [5.41, 5.74) is 0. The third kappa shape index (κ3) is 4.81. The average Bonchev–Trinajstić information content (AvgIpc) is 2.01. The van der Waals surface area contributed by atoms with Crippen LogP contribution in [0.1, 0.15) is 27.2 Å². The molecule has 0 bridgehead atoms. The standard InChI is InChI=1S/C9H17NO4/c1-5(2)4-7(9(13)14)10-6(3)8(11)12/h5-7,10H,4H2,1-3H3,(H,11,12)(H,13,14)/t6?,7-/m0/s1. The third-order valence-electron chi connectivity index (χ3n) is 1.83. The highest BCUT2D eigenvalue weighted by atomic mass is 16.4. The first kappa shape index (κ1) is 12.9. The molecule has 82 valence electrons. The zero-order chi connectivity index (χ0) is 11.3. The van der Waals surface area contributed by atoms with Gasteiger partial charge in [-0.1, -0.05) is 13.8 Å². The van der Waals surface area contributed by atoms with Crippen molar-refractivity contribution in [1.82, 2.24) is 5.32 Å². The molecule has 0 saturated heterocycles. The van der Waals surface area contributed by atoms with E-state index in [4.69, 9.17) is 10.2 Å². The summed E-state index contributed by atoms with van der Waals surface area (Å²) in [5, 5.41) is 19.9. The normalized spacial score (nSPS) is 15.1. The van der Waals surface area contributed by atoms with Gasteiger partial charge in [-0.25, -0.2) is 0 Å². The van der Waals surface area contributed by atoms with Crippen LogP contribution in [0.4, 0.5) is 0 Å². The molecule has 3 N–H and O–H groups in total. The Hall–Kier alpha value is -1.10. The Morgan fingerprint density at radius 1 is 1.14 bits per heavy atom. The largest absolute Gasteiger partial charge is 0.480 e. The van der Waals surface area contributed by atoms with Gasteiger partial charge in [-0.2, -0.15) is 0 Å². The van der Waals surface area contributed by atoms with Crippen molar-refractivity contribution in [2.75, 3.05) is 0 Å². The van der Waals surface area contributed by atoms with E-state index in [1.54, 1.807) is 0 Å². The lowest BCUT2D eigenvalue weighted by Gasteiger charge is -2.18. The Balaban J connectivity index is 4.23. The first-order valence-electron chi connectivity index (χ1n) is 4.56. The molecule has 0 aromatic rings. The van der Waals surface area contributed by atoms with Gasteiger partial charge in [0.25, 0.3) is 0 Å². The minimum atomic E-state index is -1.04. The predicted molar refractivity (Wildman–Crippen MR) is 51.1 cm³/mol. The van der Waals surface area contributed by atoms with Crippen molar-refractivity contribution in [1.29, 1.82) is 0 Å². The molecule has 0 saturated carbocycles. The summed E-state index contributed by atoms with van der Waals surface area (Å²) in [6, 6.07) is -1.63. The molecule has 0 heterocycles. The van der Waals surface area contributed by atoms with E-state index in [1.165, 1.54) is 6.92 Å². The maximum atomic E-state index is 10.7. The molecular formula is C9H17NO4. The van der Waals surface area contributed by atoms with E-state index in [1.807, 2.05) is 13.8 Å². The maximum Gasteiger partial charge on any atom is 0.320 e. The van der Waals surface area contributed by atoms with Gasteiger partial charge in [0.05, 0.1) is 0 Å². The van der Waals surface area contributed by atoms with E-state index < -0.39 is 24.0 Å². The van der Waals surface area contributed by atoms with E-state index in [2.05, 4.69) is 5.32 Å². The molecule has 1 unspecified atom stereocenters. The summed E-state index contributed by atoms with van der Waals surface area (Å²) < 4.78 is 0.